The van der Waals surface area contributed by atoms with Gasteiger partial charge in [-0.3, -0.25) is 9.59 Å². The number of ether oxygens (including phenoxy) is 1. The molecule has 0 aromatic heterocycles. The lowest BCUT2D eigenvalue weighted by Gasteiger charge is -2.29. The standard InChI is InChI=1S/C22H28N2O5/c1-14(2)19(25)17-18(15-6-8-16(9-7-15)22(28)29-3)24(21(27)20(17)26)13-12-23-10-4-5-11-23/h6-9,14,18,26H,4-5,10-13H2,1-3H3. The average Bonchev–Trinajstić information content (AvgIpc) is 3.32. The number of carbonyl (C=O) groups is 3. The topological polar surface area (TPSA) is 87.2 Å². The molecule has 1 N–H and O–H groups in total. The second kappa shape index (κ2) is 8.78. The minimum absolute atomic E-state index is 0.136. The molecule has 1 amide bonds. The molecule has 0 saturated carbocycles. The van der Waals surface area contributed by atoms with Crippen LogP contribution in [0.25, 0.3) is 0 Å². The molecule has 2 heterocycles. The van der Waals surface area contributed by atoms with Crippen LogP contribution in [0.5, 0.6) is 0 Å². The van der Waals surface area contributed by atoms with Gasteiger partial charge < -0.3 is 19.6 Å². The maximum atomic E-state index is 12.8. The van der Waals surface area contributed by atoms with Gasteiger partial charge in [0, 0.05) is 19.0 Å². The number of aliphatic hydroxyl groups is 1. The molecule has 2 aliphatic rings. The highest BCUT2D eigenvalue weighted by atomic mass is 16.5. The zero-order valence-corrected chi connectivity index (χ0v) is 17.2. The molecule has 1 atom stereocenters. The Kier molecular flexibility index (Phi) is 6.37. The quantitative estimate of drug-likeness (QED) is 0.708. The summed E-state index contributed by atoms with van der Waals surface area (Å²) in [6.45, 7) is 6.60. The van der Waals surface area contributed by atoms with Gasteiger partial charge in [0.1, 0.15) is 0 Å². The maximum absolute atomic E-state index is 12.8. The summed E-state index contributed by atoms with van der Waals surface area (Å²) in [6.07, 6.45) is 2.29. The fraction of sp³-hybridized carbons (Fsp3) is 0.500. The van der Waals surface area contributed by atoms with Crippen molar-refractivity contribution < 1.29 is 24.2 Å². The highest BCUT2D eigenvalue weighted by Crippen LogP contribution is 2.38. The van der Waals surface area contributed by atoms with E-state index in [1.165, 1.54) is 7.11 Å². The summed E-state index contributed by atoms with van der Waals surface area (Å²) < 4.78 is 4.73. The summed E-state index contributed by atoms with van der Waals surface area (Å²) >= 11 is 0. The molecule has 29 heavy (non-hydrogen) atoms. The average molecular weight is 400 g/mol. The molecule has 2 aliphatic heterocycles. The van der Waals surface area contributed by atoms with E-state index < -0.39 is 23.7 Å². The van der Waals surface area contributed by atoms with Crippen molar-refractivity contribution in [2.75, 3.05) is 33.3 Å². The van der Waals surface area contributed by atoms with Crippen LogP contribution in [0.2, 0.25) is 0 Å². The van der Waals surface area contributed by atoms with Crippen molar-refractivity contribution in [1.82, 2.24) is 9.80 Å². The Morgan fingerprint density at radius 1 is 1.14 bits per heavy atom. The Morgan fingerprint density at radius 2 is 1.76 bits per heavy atom. The van der Waals surface area contributed by atoms with Gasteiger partial charge in [-0.05, 0) is 43.6 Å². The van der Waals surface area contributed by atoms with Gasteiger partial charge in [0.25, 0.3) is 5.91 Å². The first kappa shape index (κ1) is 21.0. The Bertz CT molecular complexity index is 822. The van der Waals surface area contributed by atoms with Gasteiger partial charge in [-0.15, -0.1) is 0 Å². The molecule has 0 radical (unpaired) electrons. The summed E-state index contributed by atoms with van der Waals surface area (Å²) in [5, 5.41) is 10.5. The van der Waals surface area contributed by atoms with E-state index in [-0.39, 0.29) is 17.3 Å². The second-order valence-corrected chi connectivity index (χ2v) is 7.84. The number of rotatable bonds is 7. The second-order valence-electron chi connectivity index (χ2n) is 7.84. The van der Waals surface area contributed by atoms with Gasteiger partial charge in [-0.2, -0.15) is 0 Å². The molecule has 1 aromatic rings. The Balaban J connectivity index is 1.93. The van der Waals surface area contributed by atoms with Crippen LogP contribution in [0.1, 0.15) is 48.7 Å². The SMILES string of the molecule is COC(=O)c1ccc(C2C(C(=O)C(C)C)=C(O)C(=O)N2CCN2CCCC2)cc1. The number of methoxy groups -OCH3 is 1. The van der Waals surface area contributed by atoms with E-state index in [0.29, 0.717) is 24.2 Å². The summed E-state index contributed by atoms with van der Waals surface area (Å²) in [6, 6.07) is 5.97. The molecule has 7 nitrogen and oxygen atoms in total. The third kappa shape index (κ3) is 4.19. The molecule has 156 valence electrons. The molecule has 7 heteroatoms. The molecular formula is C22H28N2O5. The predicted octanol–water partition coefficient (Wildman–Crippen LogP) is 2.49. The Morgan fingerprint density at radius 3 is 2.31 bits per heavy atom. The lowest BCUT2D eigenvalue weighted by molar-refractivity contribution is -0.129. The summed E-state index contributed by atoms with van der Waals surface area (Å²) in [4.78, 5) is 41.2. The van der Waals surface area contributed by atoms with Gasteiger partial charge in [0.05, 0.1) is 24.3 Å². The minimum atomic E-state index is -0.660. The van der Waals surface area contributed by atoms with Crippen LogP contribution in [-0.2, 0) is 14.3 Å². The van der Waals surface area contributed by atoms with Crippen LogP contribution in [0.4, 0.5) is 0 Å². The third-order valence-electron chi connectivity index (χ3n) is 5.60. The number of amides is 1. The maximum Gasteiger partial charge on any atom is 0.337 e. The van der Waals surface area contributed by atoms with E-state index in [4.69, 9.17) is 4.74 Å². The molecular weight excluding hydrogens is 372 g/mol. The van der Waals surface area contributed by atoms with Gasteiger partial charge in [0.2, 0.25) is 0 Å². The van der Waals surface area contributed by atoms with E-state index in [9.17, 15) is 19.5 Å². The molecule has 0 spiro atoms. The number of ketones is 1. The number of aliphatic hydroxyl groups excluding tert-OH is 1. The number of esters is 1. The molecule has 3 rings (SSSR count). The number of benzene rings is 1. The number of Topliss-reactive ketones (excluding diaryl/α,β-unsaturated/α-hetero) is 1. The number of hydrogen-bond donors (Lipinski definition) is 1. The zero-order chi connectivity index (χ0) is 21.1. The van der Waals surface area contributed by atoms with Gasteiger partial charge in [-0.1, -0.05) is 26.0 Å². The molecule has 1 fully saturated rings. The van der Waals surface area contributed by atoms with E-state index in [1.54, 1.807) is 43.0 Å². The van der Waals surface area contributed by atoms with Crippen molar-refractivity contribution >= 4 is 17.7 Å². The van der Waals surface area contributed by atoms with Crippen molar-refractivity contribution in [3.63, 3.8) is 0 Å². The largest absolute Gasteiger partial charge is 0.503 e. The highest BCUT2D eigenvalue weighted by molar-refractivity contribution is 6.09. The molecule has 1 aromatic carbocycles. The molecule has 1 saturated heterocycles. The minimum Gasteiger partial charge on any atom is -0.503 e. The van der Waals surface area contributed by atoms with Crippen LogP contribution >= 0.6 is 0 Å². The number of likely N-dealkylation sites (tertiary alicyclic amines) is 1. The van der Waals surface area contributed by atoms with Crippen LogP contribution in [0, 0.1) is 5.92 Å². The first-order valence-corrected chi connectivity index (χ1v) is 10.0. The highest BCUT2D eigenvalue weighted by Gasteiger charge is 2.43. The summed E-state index contributed by atoms with van der Waals surface area (Å²) in [7, 11) is 1.31. The Hall–Kier alpha value is -2.67. The lowest BCUT2D eigenvalue weighted by Crippen LogP contribution is -2.38. The van der Waals surface area contributed by atoms with Crippen molar-refractivity contribution in [1.29, 1.82) is 0 Å². The lowest BCUT2D eigenvalue weighted by atomic mass is 9.91. The van der Waals surface area contributed by atoms with Gasteiger partial charge >= 0.3 is 5.97 Å². The smallest absolute Gasteiger partial charge is 0.337 e. The van der Waals surface area contributed by atoms with E-state index in [2.05, 4.69) is 4.90 Å². The number of nitrogens with zero attached hydrogens (tertiary/aromatic N) is 2. The van der Waals surface area contributed by atoms with Gasteiger partial charge in [-0.25, -0.2) is 4.79 Å². The van der Waals surface area contributed by atoms with Crippen LogP contribution in [-0.4, -0.2) is 65.9 Å². The molecule has 0 aliphatic carbocycles. The number of hydrogen-bond acceptors (Lipinski definition) is 6. The zero-order valence-electron chi connectivity index (χ0n) is 17.2. The van der Waals surface area contributed by atoms with Crippen molar-refractivity contribution in [2.24, 2.45) is 5.92 Å². The van der Waals surface area contributed by atoms with Crippen molar-refractivity contribution in [3.8, 4) is 0 Å². The van der Waals surface area contributed by atoms with Crippen LogP contribution < -0.4 is 0 Å². The number of carbonyl (C=O) groups excluding carboxylic acids is 3. The van der Waals surface area contributed by atoms with Crippen LogP contribution in [0.3, 0.4) is 0 Å². The van der Waals surface area contributed by atoms with Crippen molar-refractivity contribution in [3.05, 3.63) is 46.7 Å². The first-order chi connectivity index (χ1) is 13.8. The monoisotopic (exact) mass is 400 g/mol. The fourth-order valence-corrected chi connectivity index (χ4v) is 3.97. The predicted molar refractivity (Wildman–Crippen MR) is 107 cm³/mol. The molecule has 0 bridgehead atoms. The molecule has 1 unspecified atom stereocenters. The Labute approximate surface area is 170 Å². The third-order valence-corrected chi connectivity index (χ3v) is 5.60. The summed E-state index contributed by atoms with van der Waals surface area (Å²) in [5.41, 5.74) is 1.20. The fourth-order valence-electron chi connectivity index (χ4n) is 3.97. The van der Waals surface area contributed by atoms with E-state index in [0.717, 1.165) is 25.9 Å². The van der Waals surface area contributed by atoms with E-state index >= 15 is 0 Å². The van der Waals surface area contributed by atoms with Gasteiger partial charge in [0.15, 0.2) is 11.5 Å². The normalized spacial score (nSPS) is 20.1. The van der Waals surface area contributed by atoms with Crippen LogP contribution in [0.15, 0.2) is 35.6 Å². The summed E-state index contributed by atoms with van der Waals surface area (Å²) in [5.74, 6) is -2.04. The van der Waals surface area contributed by atoms with Crippen molar-refractivity contribution in [2.45, 2.75) is 32.7 Å². The first-order valence-electron chi connectivity index (χ1n) is 10.0. The van der Waals surface area contributed by atoms with E-state index in [1.807, 2.05) is 0 Å².